The van der Waals surface area contributed by atoms with Gasteiger partial charge in [0, 0.05) is 23.7 Å². The molecule has 0 radical (unpaired) electrons. The number of benzene rings is 2. The topological polar surface area (TPSA) is 122 Å². The molecule has 4 atom stereocenters. The van der Waals surface area contributed by atoms with Gasteiger partial charge in [0.2, 0.25) is 23.6 Å². The summed E-state index contributed by atoms with van der Waals surface area (Å²) < 4.78 is 0. The third kappa shape index (κ3) is 3.31. The van der Waals surface area contributed by atoms with Crippen LogP contribution in [0, 0.1) is 25.7 Å². The summed E-state index contributed by atoms with van der Waals surface area (Å²) in [6.07, 6.45) is 2.90. The van der Waals surface area contributed by atoms with Crippen LogP contribution in [0.25, 0.3) is 0 Å². The van der Waals surface area contributed by atoms with Gasteiger partial charge < -0.3 is 11.1 Å². The third-order valence-corrected chi connectivity index (χ3v) is 7.86. The lowest BCUT2D eigenvalue weighted by atomic mass is 9.76. The number of carbonyl (C=O) groups excluding carboxylic acids is 4. The molecule has 2 saturated heterocycles. The quantitative estimate of drug-likeness (QED) is 0.555. The average Bonchev–Trinajstić information content (AvgIpc) is 3.40. The first-order valence-corrected chi connectivity index (χ1v) is 12.2. The number of fused-ring (bicyclic) bond motifs is 4. The minimum absolute atomic E-state index is 0.154. The zero-order valence-corrected chi connectivity index (χ0v) is 20.2. The van der Waals surface area contributed by atoms with Gasteiger partial charge in [-0.1, -0.05) is 37.6 Å². The monoisotopic (exact) mass is 474 g/mol. The van der Waals surface area contributed by atoms with Crippen molar-refractivity contribution < 1.29 is 19.2 Å². The fourth-order valence-electron chi connectivity index (χ4n) is 5.96. The lowest BCUT2D eigenvalue weighted by molar-refractivity contribution is -0.130. The van der Waals surface area contributed by atoms with Crippen LogP contribution in [0.4, 0.5) is 11.4 Å². The van der Waals surface area contributed by atoms with Gasteiger partial charge in [-0.05, 0) is 55.5 Å². The highest BCUT2D eigenvalue weighted by molar-refractivity contribution is 6.26. The minimum Gasteiger partial charge on any atom is -0.370 e. The fourth-order valence-corrected chi connectivity index (χ4v) is 5.96. The molecule has 2 fully saturated rings. The van der Waals surface area contributed by atoms with Gasteiger partial charge in [-0.3, -0.25) is 24.5 Å². The first-order chi connectivity index (χ1) is 16.7. The molecule has 1 spiro atoms. The van der Waals surface area contributed by atoms with Crippen molar-refractivity contribution in [3.63, 3.8) is 0 Å². The summed E-state index contributed by atoms with van der Waals surface area (Å²) in [5.74, 6) is -3.71. The van der Waals surface area contributed by atoms with E-state index in [0.29, 0.717) is 16.9 Å². The van der Waals surface area contributed by atoms with Crippen LogP contribution in [-0.2, 0) is 31.1 Å². The molecule has 2 aromatic carbocycles. The molecule has 8 heteroatoms. The van der Waals surface area contributed by atoms with Gasteiger partial charge in [-0.2, -0.15) is 0 Å². The highest BCUT2D eigenvalue weighted by Gasteiger charge is 2.70. The number of amides is 4. The largest absolute Gasteiger partial charge is 0.370 e. The number of carbonyl (C=O) groups is 4. The summed E-state index contributed by atoms with van der Waals surface area (Å²) in [5, 5.41) is 6.18. The summed E-state index contributed by atoms with van der Waals surface area (Å²) in [5.41, 5.74) is 8.86. The molecule has 2 aromatic rings. The maximum Gasteiger partial charge on any atom is 0.250 e. The number of nitrogens with two attached hydrogens (primary N) is 1. The second-order valence-electron chi connectivity index (χ2n) is 9.90. The number of anilines is 2. The van der Waals surface area contributed by atoms with Gasteiger partial charge in [0.15, 0.2) is 0 Å². The molecular weight excluding hydrogens is 444 g/mol. The molecule has 3 heterocycles. The number of nitrogens with zero attached hydrogens (tertiary/aromatic N) is 1. The van der Waals surface area contributed by atoms with Gasteiger partial charge in [0.25, 0.3) is 0 Å². The van der Waals surface area contributed by atoms with Crippen molar-refractivity contribution in [3.8, 4) is 0 Å². The van der Waals surface area contributed by atoms with Crippen LogP contribution in [0.3, 0.4) is 0 Å². The Morgan fingerprint density at radius 2 is 1.77 bits per heavy atom. The molecule has 3 aliphatic heterocycles. The van der Waals surface area contributed by atoms with Gasteiger partial charge in [-0.25, -0.2) is 4.90 Å². The maximum atomic E-state index is 13.9. The van der Waals surface area contributed by atoms with Gasteiger partial charge in [0.1, 0.15) is 5.54 Å². The van der Waals surface area contributed by atoms with Crippen LogP contribution in [0.1, 0.15) is 48.4 Å². The number of aryl methyl sites for hydroxylation is 2. The van der Waals surface area contributed by atoms with Crippen molar-refractivity contribution in [2.24, 2.45) is 17.6 Å². The number of hydrogen-bond donors (Lipinski definition) is 3. The van der Waals surface area contributed by atoms with Crippen molar-refractivity contribution in [3.05, 3.63) is 58.7 Å². The van der Waals surface area contributed by atoms with Crippen molar-refractivity contribution in [2.75, 3.05) is 10.2 Å². The summed E-state index contributed by atoms with van der Waals surface area (Å²) >= 11 is 0. The predicted molar refractivity (Wildman–Crippen MR) is 131 cm³/mol. The SMILES string of the molecule is CCCCc1ccc(N2C(=O)[C@H]3[C@H](CC(N)=O)N[C@@]4(C(=O)Nc5c4ccc(C)c5C)[C@@H]3C2=O)cc1. The Balaban J connectivity index is 1.60. The van der Waals surface area contributed by atoms with E-state index < -0.39 is 41.1 Å². The molecular formula is C27H30N4O4. The standard InChI is InChI=1S/C27H30N4O4/c1-4-5-6-16-8-10-17(11-9-16)31-24(33)21-19(13-20(28)32)30-27(22(21)25(31)34)18-12-7-14(2)15(3)23(18)29-26(27)35/h7-12,19,21-22,30H,4-6,13H2,1-3H3,(H2,28,32)(H,29,35)/t19-,21-,22-,27+/m0/s1. The lowest BCUT2D eigenvalue weighted by Crippen LogP contribution is -2.53. The predicted octanol–water partition coefficient (Wildman–Crippen LogP) is 2.45. The van der Waals surface area contributed by atoms with E-state index in [-0.39, 0.29) is 12.3 Å². The number of unbranched alkanes of at least 4 members (excludes halogenated alkanes) is 1. The number of imide groups is 1. The second-order valence-corrected chi connectivity index (χ2v) is 9.90. The number of nitrogens with one attached hydrogen (secondary N) is 2. The summed E-state index contributed by atoms with van der Waals surface area (Å²) in [6, 6.07) is 10.4. The maximum absolute atomic E-state index is 13.9. The van der Waals surface area contributed by atoms with E-state index >= 15 is 0 Å². The molecule has 182 valence electrons. The lowest BCUT2D eigenvalue weighted by Gasteiger charge is -2.29. The minimum atomic E-state index is -1.44. The van der Waals surface area contributed by atoms with Crippen molar-refractivity contribution >= 4 is 35.0 Å². The molecule has 0 bridgehead atoms. The van der Waals surface area contributed by atoms with E-state index in [1.165, 1.54) is 4.90 Å². The molecule has 0 aliphatic carbocycles. The Morgan fingerprint density at radius 1 is 1.06 bits per heavy atom. The highest BCUT2D eigenvalue weighted by atomic mass is 16.2. The zero-order valence-electron chi connectivity index (χ0n) is 20.2. The number of rotatable bonds is 6. The molecule has 0 saturated carbocycles. The van der Waals surface area contributed by atoms with E-state index in [0.717, 1.165) is 36.0 Å². The summed E-state index contributed by atoms with van der Waals surface area (Å²) in [4.78, 5) is 54.3. The van der Waals surface area contributed by atoms with Crippen molar-refractivity contribution in [2.45, 2.75) is 58.0 Å². The van der Waals surface area contributed by atoms with E-state index in [2.05, 4.69) is 17.6 Å². The van der Waals surface area contributed by atoms with Gasteiger partial charge in [0.05, 0.1) is 17.5 Å². The fraction of sp³-hybridized carbons (Fsp3) is 0.407. The first-order valence-electron chi connectivity index (χ1n) is 12.2. The third-order valence-electron chi connectivity index (χ3n) is 7.86. The normalized spacial score (nSPS) is 26.9. The molecule has 0 unspecified atom stereocenters. The molecule has 0 aromatic heterocycles. The van der Waals surface area contributed by atoms with E-state index in [1.807, 2.05) is 38.1 Å². The molecule has 3 aliphatic rings. The Labute approximate surface area is 204 Å². The Morgan fingerprint density at radius 3 is 2.43 bits per heavy atom. The van der Waals surface area contributed by atoms with E-state index in [9.17, 15) is 19.2 Å². The molecule has 4 amide bonds. The van der Waals surface area contributed by atoms with Crippen molar-refractivity contribution in [1.29, 1.82) is 0 Å². The number of primary amides is 1. The average molecular weight is 475 g/mol. The summed E-state index contributed by atoms with van der Waals surface area (Å²) in [6.45, 7) is 5.99. The zero-order chi connectivity index (χ0) is 25.1. The molecule has 5 rings (SSSR count). The van der Waals surface area contributed by atoms with Crippen LogP contribution in [-0.4, -0.2) is 29.7 Å². The van der Waals surface area contributed by atoms with Crippen LogP contribution >= 0.6 is 0 Å². The van der Waals surface area contributed by atoms with Crippen LogP contribution < -0.4 is 21.3 Å². The second kappa shape index (κ2) is 8.30. The van der Waals surface area contributed by atoms with E-state index in [4.69, 9.17) is 5.73 Å². The number of hydrogen-bond acceptors (Lipinski definition) is 5. The van der Waals surface area contributed by atoms with E-state index in [1.54, 1.807) is 12.1 Å². The molecule has 35 heavy (non-hydrogen) atoms. The smallest absolute Gasteiger partial charge is 0.250 e. The van der Waals surface area contributed by atoms with Gasteiger partial charge >= 0.3 is 0 Å². The van der Waals surface area contributed by atoms with Crippen LogP contribution in [0.15, 0.2) is 36.4 Å². The van der Waals surface area contributed by atoms with Crippen molar-refractivity contribution in [1.82, 2.24) is 5.32 Å². The molecule has 8 nitrogen and oxygen atoms in total. The Kier molecular flexibility index (Phi) is 5.51. The highest BCUT2D eigenvalue weighted by Crippen LogP contribution is 2.54. The Bertz CT molecular complexity index is 1250. The summed E-state index contributed by atoms with van der Waals surface area (Å²) in [7, 11) is 0. The van der Waals surface area contributed by atoms with Gasteiger partial charge in [-0.15, -0.1) is 0 Å². The Hall–Kier alpha value is -3.52. The van der Waals surface area contributed by atoms with Crippen LogP contribution in [0.5, 0.6) is 0 Å². The molecule has 4 N–H and O–H groups in total. The first kappa shape index (κ1) is 23.2. The van der Waals surface area contributed by atoms with Crippen LogP contribution in [0.2, 0.25) is 0 Å².